The molecule has 0 saturated carbocycles. The summed E-state index contributed by atoms with van der Waals surface area (Å²) in [6.07, 6.45) is 0. The Labute approximate surface area is 150 Å². The normalized spacial score (nSPS) is 10.3. The van der Waals surface area contributed by atoms with E-state index in [1.807, 2.05) is 13.0 Å². The molecule has 2 aromatic rings. The lowest BCUT2D eigenvalue weighted by Gasteiger charge is -2.20. The van der Waals surface area contributed by atoms with Crippen molar-refractivity contribution in [1.29, 1.82) is 0 Å². The van der Waals surface area contributed by atoms with Crippen molar-refractivity contribution in [2.45, 2.75) is 13.5 Å². The average Bonchev–Trinajstić information content (AvgIpc) is 2.62. The molecule has 0 aliphatic carbocycles. The lowest BCUT2D eigenvalue weighted by atomic mass is 10.1. The molecule has 0 bridgehead atoms. The van der Waals surface area contributed by atoms with E-state index in [1.54, 1.807) is 24.1 Å². The van der Waals surface area contributed by atoms with Crippen LogP contribution in [-0.2, 0) is 6.54 Å². The van der Waals surface area contributed by atoms with E-state index in [0.717, 1.165) is 11.6 Å². The van der Waals surface area contributed by atoms with Crippen LogP contribution in [0.25, 0.3) is 0 Å². The standard InChI is InChI=1S/C17H19N3O6/c1-4-26-16-8-5-12(9-17(16)25-3)11-18(2)14-7-6-13(19(21)22)10-15(14)20(23)24/h5-10H,4,11H2,1-3H3. The summed E-state index contributed by atoms with van der Waals surface area (Å²) in [5.74, 6) is 1.18. The number of ether oxygens (including phenoxy) is 2. The predicted molar refractivity (Wildman–Crippen MR) is 96.0 cm³/mol. The van der Waals surface area contributed by atoms with E-state index in [1.165, 1.54) is 19.2 Å². The number of rotatable bonds is 8. The molecule has 0 N–H and O–H groups in total. The minimum absolute atomic E-state index is 0.286. The fraction of sp³-hybridized carbons (Fsp3) is 0.294. The van der Waals surface area contributed by atoms with Crippen LogP contribution < -0.4 is 14.4 Å². The highest BCUT2D eigenvalue weighted by molar-refractivity contribution is 5.66. The van der Waals surface area contributed by atoms with Crippen molar-refractivity contribution in [2.24, 2.45) is 0 Å². The zero-order valence-corrected chi connectivity index (χ0v) is 14.7. The summed E-state index contributed by atoms with van der Waals surface area (Å²) < 4.78 is 10.8. The van der Waals surface area contributed by atoms with Crippen molar-refractivity contribution in [3.8, 4) is 11.5 Å². The number of nitrogens with zero attached hydrogens (tertiary/aromatic N) is 3. The number of benzene rings is 2. The van der Waals surface area contributed by atoms with E-state index in [4.69, 9.17) is 9.47 Å². The van der Waals surface area contributed by atoms with E-state index >= 15 is 0 Å². The van der Waals surface area contributed by atoms with Gasteiger partial charge in [0.15, 0.2) is 11.5 Å². The Bertz CT molecular complexity index is 824. The van der Waals surface area contributed by atoms with E-state index in [2.05, 4.69) is 0 Å². The Morgan fingerprint density at radius 3 is 2.35 bits per heavy atom. The molecular weight excluding hydrogens is 342 g/mol. The summed E-state index contributed by atoms with van der Waals surface area (Å²) in [5.41, 5.74) is 0.491. The number of anilines is 1. The van der Waals surface area contributed by atoms with Crippen LogP contribution in [0.3, 0.4) is 0 Å². The Hall–Kier alpha value is -3.36. The molecule has 138 valence electrons. The van der Waals surface area contributed by atoms with Crippen LogP contribution in [-0.4, -0.2) is 30.6 Å². The van der Waals surface area contributed by atoms with Crippen LogP contribution in [0.4, 0.5) is 17.1 Å². The molecule has 0 heterocycles. The van der Waals surface area contributed by atoms with Crippen LogP contribution in [0.5, 0.6) is 11.5 Å². The molecule has 0 atom stereocenters. The van der Waals surface area contributed by atoms with Gasteiger partial charge in [-0.3, -0.25) is 20.2 Å². The van der Waals surface area contributed by atoms with E-state index < -0.39 is 9.85 Å². The first kappa shape index (κ1) is 19.0. The van der Waals surface area contributed by atoms with Gasteiger partial charge in [0.05, 0.1) is 29.6 Å². The SMILES string of the molecule is CCOc1ccc(CN(C)c2ccc([N+](=O)[O-])cc2[N+](=O)[O-])cc1OC. The lowest BCUT2D eigenvalue weighted by molar-refractivity contribution is -0.393. The molecule has 0 unspecified atom stereocenters. The summed E-state index contributed by atoms with van der Waals surface area (Å²) in [6.45, 7) is 2.72. The first-order valence-corrected chi connectivity index (χ1v) is 7.81. The van der Waals surface area contributed by atoms with Crippen LogP contribution in [0.1, 0.15) is 12.5 Å². The van der Waals surface area contributed by atoms with Crippen molar-refractivity contribution in [2.75, 3.05) is 25.7 Å². The summed E-state index contributed by atoms with van der Waals surface area (Å²) in [6, 6.07) is 8.99. The molecule has 9 nitrogen and oxygen atoms in total. The lowest BCUT2D eigenvalue weighted by Crippen LogP contribution is -2.18. The number of nitro benzene ring substituents is 2. The maximum absolute atomic E-state index is 11.3. The van der Waals surface area contributed by atoms with Crippen LogP contribution in [0.15, 0.2) is 36.4 Å². The summed E-state index contributed by atoms with van der Waals surface area (Å²) in [4.78, 5) is 22.5. The molecule has 2 aromatic carbocycles. The van der Waals surface area contributed by atoms with Crippen LogP contribution >= 0.6 is 0 Å². The van der Waals surface area contributed by atoms with Crippen molar-refractivity contribution >= 4 is 17.1 Å². The molecule has 0 amide bonds. The molecule has 0 radical (unpaired) electrons. The highest BCUT2D eigenvalue weighted by Crippen LogP contribution is 2.33. The van der Waals surface area contributed by atoms with Gasteiger partial charge in [-0.05, 0) is 30.7 Å². The zero-order valence-electron chi connectivity index (χ0n) is 14.7. The maximum Gasteiger partial charge on any atom is 0.299 e. The van der Waals surface area contributed by atoms with Gasteiger partial charge in [0, 0.05) is 19.7 Å². The minimum Gasteiger partial charge on any atom is -0.493 e. The van der Waals surface area contributed by atoms with Gasteiger partial charge in [0.2, 0.25) is 0 Å². The zero-order chi connectivity index (χ0) is 19.3. The second-order valence-corrected chi connectivity index (χ2v) is 5.46. The Kier molecular flexibility index (Phi) is 5.94. The minimum atomic E-state index is -0.659. The molecule has 0 spiro atoms. The number of non-ortho nitro benzene ring substituents is 1. The van der Waals surface area contributed by atoms with Crippen molar-refractivity contribution < 1.29 is 19.3 Å². The van der Waals surface area contributed by atoms with Gasteiger partial charge in [0.1, 0.15) is 5.69 Å². The molecule has 0 aliphatic rings. The van der Waals surface area contributed by atoms with Crippen LogP contribution in [0.2, 0.25) is 0 Å². The third kappa shape index (κ3) is 4.18. The number of nitro groups is 2. The van der Waals surface area contributed by atoms with Gasteiger partial charge in [-0.15, -0.1) is 0 Å². The molecule has 0 saturated heterocycles. The largest absolute Gasteiger partial charge is 0.493 e. The van der Waals surface area contributed by atoms with Gasteiger partial charge >= 0.3 is 0 Å². The third-order valence-corrected chi connectivity index (χ3v) is 3.73. The van der Waals surface area contributed by atoms with E-state index in [9.17, 15) is 20.2 Å². The van der Waals surface area contributed by atoms with Gasteiger partial charge in [0.25, 0.3) is 11.4 Å². The Morgan fingerprint density at radius 1 is 1.04 bits per heavy atom. The summed E-state index contributed by atoms with van der Waals surface area (Å²) in [7, 11) is 3.21. The number of hydrogen-bond donors (Lipinski definition) is 0. The Morgan fingerprint density at radius 2 is 1.77 bits per heavy atom. The van der Waals surface area contributed by atoms with Gasteiger partial charge in [-0.1, -0.05) is 6.07 Å². The molecular formula is C17H19N3O6. The second-order valence-electron chi connectivity index (χ2n) is 5.46. The van der Waals surface area contributed by atoms with Crippen molar-refractivity contribution in [3.63, 3.8) is 0 Å². The third-order valence-electron chi connectivity index (χ3n) is 3.73. The average molecular weight is 361 g/mol. The summed E-state index contributed by atoms with van der Waals surface area (Å²) in [5, 5.41) is 22.1. The van der Waals surface area contributed by atoms with Crippen molar-refractivity contribution in [1.82, 2.24) is 0 Å². The highest BCUT2D eigenvalue weighted by atomic mass is 16.6. The fourth-order valence-corrected chi connectivity index (χ4v) is 2.54. The molecule has 26 heavy (non-hydrogen) atoms. The highest BCUT2D eigenvalue weighted by Gasteiger charge is 2.22. The maximum atomic E-state index is 11.3. The van der Waals surface area contributed by atoms with Gasteiger partial charge < -0.3 is 14.4 Å². The molecule has 0 aromatic heterocycles. The van der Waals surface area contributed by atoms with E-state index in [0.29, 0.717) is 24.7 Å². The van der Waals surface area contributed by atoms with Crippen LogP contribution in [0, 0.1) is 20.2 Å². The molecule has 0 aliphatic heterocycles. The van der Waals surface area contributed by atoms with E-state index in [-0.39, 0.29) is 17.1 Å². The quantitative estimate of drug-likeness (QED) is 0.522. The Balaban J connectivity index is 2.31. The van der Waals surface area contributed by atoms with Gasteiger partial charge in [-0.2, -0.15) is 0 Å². The smallest absolute Gasteiger partial charge is 0.299 e. The topological polar surface area (TPSA) is 108 Å². The van der Waals surface area contributed by atoms with Crippen molar-refractivity contribution in [3.05, 3.63) is 62.2 Å². The number of hydrogen-bond acceptors (Lipinski definition) is 7. The fourth-order valence-electron chi connectivity index (χ4n) is 2.54. The number of methoxy groups -OCH3 is 1. The second kappa shape index (κ2) is 8.15. The van der Waals surface area contributed by atoms with Gasteiger partial charge in [-0.25, -0.2) is 0 Å². The first-order chi connectivity index (χ1) is 12.4. The summed E-state index contributed by atoms with van der Waals surface area (Å²) >= 11 is 0. The molecule has 9 heteroatoms. The molecule has 0 fully saturated rings. The first-order valence-electron chi connectivity index (χ1n) is 7.81. The molecule has 2 rings (SSSR count). The predicted octanol–water partition coefficient (Wildman–Crippen LogP) is 3.55. The monoisotopic (exact) mass is 361 g/mol.